The highest BCUT2D eigenvalue weighted by atomic mass is 16.7. The first-order valence-electron chi connectivity index (χ1n) is 5.10. The molecule has 5 heteroatoms. The Morgan fingerprint density at radius 3 is 2.82 bits per heavy atom. The van der Waals surface area contributed by atoms with E-state index in [1.807, 2.05) is 12.1 Å². The highest BCUT2D eigenvalue weighted by Gasteiger charge is 2.12. The van der Waals surface area contributed by atoms with E-state index in [0.29, 0.717) is 11.2 Å². The number of hydroxylamine groups is 2. The van der Waals surface area contributed by atoms with Crippen LogP contribution in [0.1, 0.15) is 10.5 Å². The summed E-state index contributed by atoms with van der Waals surface area (Å²) in [5.74, 6) is -0.286. The number of pyridine rings is 1. The quantitative estimate of drug-likeness (QED) is 0.558. The van der Waals surface area contributed by atoms with Gasteiger partial charge in [-0.25, -0.2) is 10.0 Å². The Hall–Kier alpha value is -1.88. The molecule has 84 valence electrons. The molecule has 1 heterocycles. The van der Waals surface area contributed by atoms with E-state index in [0.717, 1.165) is 16.0 Å². The highest BCUT2D eigenvalue weighted by molar-refractivity contribution is 6.33. The molecule has 0 aliphatic rings. The highest BCUT2D eigenvalue weighted by Crippen LogP contribution is 2.11. The number of rotatable bonds is 2. The minimum Gasteiger partial charge on any atom is -0.274 e. The number of carbonyl (C=O) groups excluding carboxylic acids is 1. The van der Waals surface area contributed by atoms with Gasteiger partial charge in [0.1, 0.15) is 13.5 Å². The largest absolute Gasteiger partial charge is 0.295 e. The van der Waals surface area contributed by atoms with Crippen LogP contribution in [-0.4, -0.2) is 38.0 Å². The third-order valence-electron chi connectivity index (χ3n) is 2.49. The average molecular weight is 226 g/mol. The number of fused-ring (bicyclic) bond motifs is 1. The third-order valence-corrected chi connectivity index (χ3v) is 2.49. The second kappa shape index (κ2) is 4.55. The van der Waals surface area contributed by atoms with E-state index in [1.165, 1.54) is 14.2 Å². The molecule has 0 N–H and O–H groups in total. The minimum absolute atomic E-state index is 0.286. The molecule has 2 radical (unpaired) electrons. The number of benzene rings is 1. The number of amides is 1. The Kier molecular flexibility index (Phi) is 3.11. The van der Waals surface area contributed by atoms with Crippen molar-refractivity contribution in [2.24, 2.45) is 0 Å². The van der Waals surface area contributed by atoms with Crippen molar-refractivity contribution in [3.63, 3.8) is 0 Å². The molecule has 0 aliphatic carbocycles. The topological polar surface area (TPSA) is 42.4 Å². The molecule has 0 unspecified atom stereocenters. The van der Waals surface area contributed by atoms with Crippen LogP contribution in [-0.2, 0) is 4.84 Å². The van der Waals surface area contributed by atoms with Crippen molar-refractivity contribution in [3.05, 3.63) is 36.0 Å². The van der Waals surface area contributed by atoms with E-state index >= 15 is 0 Å². The monoisotopic (exact) mass is 226 g/mol. The van der Waals surface area contributed by atoms with Gasteiger partial charge in [0.2, 0.25) is 0 Å². The van der Waals surface area contributed by atoms with Gasteiger partial charge in [0, 0.05) is 7.05 Å². The summed E-state index contributed by atoms with van der Waals surface area (Å²) in [5.41, 5.74) is 1.74. The normalized spacial score (nSPS) is 10.5. The van der Waals surface area contributed by atoms with Gasteiger partial charge in [-0.15, -0.1) is 0 Å². The fourth-order valence-electron chi connectivity index (χ4n) is 1.51. The Labute approximate surface area is 101 Å². The Morgan fingerprint density at radius 1 is 1.35 bits per heavy atom. The van der Waals surface area contributed by atoms with Gasteiger partial charge in [0.15, 0.2) is 0 Å². The van der Waals surface area contributed by atoms with Gasteiger partial charge in [-0.3, -0.25) is 9.63 Å². The number of aromatic nitrogens is 1. The maximum Gasteiger partial charge on any atom is 0.295 e. The zero-order chi connectivity index (χ0) is 12.4. The summed E-state index contributed by atoms with van der Waals surface area (Å²) in [5, 5.41) is 2.03. The number of nitrogens with zero attached hydrogens (tertiary/aromatic N) is 2. The third kappa shape index (κ3) is 2.29. The predicted octanol–water partition coefficient (Wildman–Crippen LogP) is 0.662. The smallest absolute Gasteiger partial charge is 0.274 e. The van der Waals surface area contributed by atoms with E-state index < -0.39 is 0 Å². The van der Waals surface area contributed by atoms with E-state index in [9.17, 15) is 4.79 Å². The van der Waals surface area contributed by atoms with Crippen LogP contribution in [0.25, 0.3) is 10.9 Å². The molecule has 2 aromatic rings. The van der Waals surface area contributed by atoms with Crippen molar-refractivity contribution < 1.29 is 9.63 Å². The zero-order valence-electron chi connectivity index (χ0n) is 9.68. The van der Waals surface area contributed by atoms with Crippen LogP contribution < -0.4 is 5.46 Å². The molecule has 1 aromatic heterocycles. The fourth-order valence-corrected chi connectivity index (χ4v) is 1.51. The van der Waals surface area contributed by atoms with Gasteiger partial charge in [-0.1, -0.05) is 23.7 Å². The Balaban J connectivity index is 2.45. The molecular weight excluding hydrogens is 215 g/mol. The van der Waals surface area contributed by atoms with E-state index in [1.54, 1.807) is 18.2 Å². The summed E-state index contributed by atoms with van der Waals surface area (Å²) in [6, 6.07) is 8.82. The molecule has 0 spiro atoms. The van der Waals surface area contributed by atoms with Crippen LogP contribution in [0.2, 0.25) is 0 Å². The number of hydrogen-bond acceptors (Lipinski definition) is 3. The van der Waals surface area contributed by atoms with Gasteiger partial charge in [0.05, 0.1) is 12.6 Å². The first-order chi connectivity index (χ1) is 8.11. The molecule has 4 nitrogen and oxygen atoms in total. The van der Waals surface area contributed by atoms with Crippen LogP contribution in [0, 0.1) is 0 Å². The molecule has 0 bridgehead atoms. The summed E-state index contributed by atoms with van der Waals surface area (Å²) < 4.78 is 0. The molecule has 1 aromatic carbocycles. The van der Waals surface area contributed by atoms with E-state index in [-0.39, 0.29) is 5.91 Å². The average Bonchev–Trinajstić information content (AvgIpc) is 2.36. The second-order valence-electron chi connectivity index (χ2n) is 3.63. The van der Waals surface area contributed by atoms with Gasteiger partial charge in [-0.05, 0) is 17.5 Å². The summed E-state index contributed by atoms with van der Waals surface area (Å²) in [7, 11) is 8.64. The molecule has 0 saturated heterocycles. The first-order valence-corrected chi connectivity index (χ1v) is 5.10. The van der Waals surface area contributed by atoms with Gasteiger partial charge < -0.3 is 0 Å². The summed E-state index contributed by atoms with van der Waals surface area (Å²) in [4.78, 5) is 20.9. The van der Waals surface area contributed by atoms with Gasteiger partial charge >= 0.3 is 0 Å². The van der Waals surface area contributed by atoms with Crippen molar-refractivity contribution in [2.45, 2.75) is 0 Å². The first kappa shape index (κ1) is 11.6. The van der Waals surface area contributed by atoms with Crippen LogP contribution in [0.4, 0.5) is 0 Å². The number of hydrogen-bond donors (Lipinski definition) is 0. The second-order valence-corrected chi connectivity index (χ2v) is 3.63. The zero-order valence-corrected chi connectivity index (χ0v) is 9.68. The Bertz CT molecular complexity index is 571. The van der Waals surface area contributed by atoms with Gasteiger partial charge in [0.25, 0.3) is 5.91 Å². The maximum atomic E-state index is 11.8. The lowest BCUT2D eigenvalue weighted by Gasteiger charge is -2.13. The van der Waals surface area contributed by atoms with E-state index in [4.69, 9.17) is 12.7 Å². The molecule has 0 atom stereocenters. The van der Waals surface area contributed by atoms with E-state index in [2.05, 4.69) is 4.98 Å². The maximum absolute atomic E-state index is 11.8. The molecule has 1 amide bonds. The van der Waals surface area contributed by atoms with Crippen LogP contribution >= 0.6 is 0 Å². The standard InChI is InChI=1S/C12H11BN2O2/c1-15(17-2)12(16)11-5-3-8-7-9(13)4-6-10(8)14-11/h3-7H,1-2H3. The molecule has 17 heavy (non-hydrogen) atoms. The summed E-state index contributed by atoms with van der Waals surface area (Å²) in [6.45, 7) is 0. The van der Waals surface area contributed by atoms with Gasteiger partial charge in [-0.2, -0.15) is 0 Å². The molecular formula is C12H11BN2O2. The van der Waals surface area contributed by atoms with Crippen LogP contribution in [0.3, 0.4) is 0 Å². The summed E-state index contributed by atoms with van der Waals surface area (Å²) in [6.07, 6.45) is 0. The van der Waals surface area contributed by atoms with Crippen molar-refractivity contribution >= 4 is 30.1 Å². The Morgan fingerprint density at radius 2 is 2.12 bits per heavy atom. The van der Waals surface area contributed by atoms with Crippen molar-refractivity contribution in [1.82, 2.24) is 10.0 Å². The lowest BCUT2D eigenvalue weighted by Crippen LogP contribution is -2.26. The molecule has 2 rings (SSSR count). The summed E-state index contributed by atoms with van der Waals surface area (Å²) >= 11 is 0. The van der Waals surface area contributed by atoms with Crippen LogP contribution in [0.15, 0.2) is 30.3 Å². The van der Waals surface area contributed by atoms with Crippen molar-refractivity contribution in [2.75, 3.05) is 14.2 Å². The molecule has 0 aliphatic heterocycles. The molecule has 0 saturated carbocycles. The van der Waals surface area contributed by atoms with Crippen molar-refractivity contribution in [1.29, 1.82) is 0 Å². The SMILES string of the molecule is [B]c1ccc2nc(C(=O)N(C)OC)ccc2c1. The minimum atomic E-state index is -0.286. The van der Waals surface area contributed by atoms with Crippen LogP contribution in [0.5, 0.6) is 0 Å². The number of carbonyl (C=O) groups is 1. The lowest BCUT2D eigenvalue weighted by molar-refractivity contribution is -0.0760. The van der Waals surface area contributed by atoms with Crippen molar-refractivity contribution in [3.8, 4) is 0 Å². The lowest BCUT2D eigenvalue weighted by atomic mass is 9.95. The predicted molar refractivity (Wildman–Crippen MR) is 66.2 cm³/mol. The fraction of sp³-hybridized carbons (Fsp3) is 0.167. The molecule has 0 fully saturated rings.